The second kappa shape index (κ2) is 8.97. The fourth-order valence-corrected chi connectivity index (χ4v) is 3.67. The molecule has 2 radical (unpaired) electrons. The average molecular weight is 395 g/mol. The van der Waals surface area contributed by atoms with Crippen LogP contribution in [0, 0.1) is 12.3 Å². The molecule has 0 N–H and O–H groups in total. The van der Waals surface area contributed by atoms with Crippen molar-refractivity contribution < 1.29 is 4.74 Å². The van der Waals surface area contributed by atoms with Gasteiger partial charge in [0.05, 0.1) is 11.4 Å². The van der Waals surface area contributed by atoms with Crippen LogP contribution in [0.4, 0.5) is 0 Å². The van der Waals surface area contributed by atoms with Gasteiger partial charge in [-0.3, -0.25) is 0 Å². The second-order valence-electron chi connectivity index (χ2n) is 7.16. The third-order valence-electron chi connectivity index (χ3n) is 5.14. The van der Waals surface area contributed by atoms with Crippen LogP contribution in [-0.2, 0) is 0 Å². The van der Waals surface area contributed by atoms with Crippen molar-refractivity contribution >= 4 is 19.0 Å². The molecule has 1 aromatic carbocycles. The minimum Gasteiger partial charge on any atom is -0.458 e. The Balaban J connectivity index is 1.65. The maximum atomic E-state index is 6.05. The number of piperidine rings is 1. The summed E-state index contributed by atoms with van der Waals surface area (Å²) in [6.45, 7) is 3.56. The number of terminal acetylenes is 1. The van der Waals surface area contributed by atoms with Crippen molar-refractivity contribution in [3.63, 3.8) is 0 Å². The van der Waals surface area contributed by atoms with Crippen LogP contribution in [0.15, 0.2) is 60.8 Å². The summed E-state index contributed by atoms with van der Waals surface area (Å²) >= 11 is 0. The second-order valence-corrected chi connectivity index (χ2v) is 7.16. The lowest BCUT2D eigenvalue weighted by atomic mass is 10.0. The molecule has 1 fully saturated rings. The molecule has 1 aliphatic heterocycles. The van der Waals surface area contributed by atoms with Crippen LogP contribution in [-0.4, -0.2) is 45.6 Å². The fourth-order valence-electron chi connectivity index (χ4n) is 3.67. The molecule has 30 heavy (non-hydrogen) atoms. The highest BCUT2D eigenvalue weighted by atomic mass is 16.5. The molecule has 0 unspecified atom stereocenters. The SMILES string of the molecule is [B]N1CCC[C@@H](n2nc(-c3ccc(OC(/C=C\C#C)=C/C)cc3)c3cncnc32)C1. The molecule has 0 amide bonds. The number of nitrogens with zero attached hydrogens (tertiary/aromatic N) is 5. The molecule has 4 rings (SSSR count). The summed E-state index contributed by atoms with van der Waals surface area (Å²) in [4.78, 5) is 10.6. The van der Waals surface area contributed by atoms with Gasteiger partial charge in [-0.15, -0.1) is 6.42 Å². The zero-order valence-electron chi connectivity index (χ0n) is 16.9. The van der Waals surface area contributed by atoms with E-state index in [0.717, 1.165) is 54.0 Å². The van der Waals surface area contributed by atoms with Gasteiger partial charge in [-0.1, -0.05) is 5.92 Å². The van der Waals surface area contributed by atoms with Crippen LogP contribution < -0.4 is 4.74 Å². The van der Waals surface area contributed by atoms with Crippen LogP contribution in [0.5, 0.6) is 5.75 Å². The number of hydrogen-bond acceptors (Lipinski definition) is 5. The van der Waals surface area contributed by atoms with Gasteiger partial charge in [0.2, 0.25) is 0 Å². The molecule has 0 saturated carbocycles. The molecule has 1 atom stereocenters. The van der Waals surface area contributed by atoms with Crippen LogP contribution >= 0.6 is 0 Å². The van der Waals surface area contributed by atoms with Gasteiger partial charge in [-0.05, 0) is 68.8 Å². The molecule has 2 aromatic heterocycles. The van der Waals surface area contributed by atoms with E-state index in [4.69, 9.17) is 24.2 Å². The monoisotopic (exact) mass is 395 g/mol. The minimum absolute atomic E-state index is 0.192. The summed E-state index contributed by atoms with van der Waals surface area (Å²) in [6, 6.07) is 8.00. The Bertz CT molecular complexity index is 1130. The standard InChI is InChI=1S/C23H22BN5O/c1-3-5-8-19(4-2)30-20-11-9-17(10-12-20)22-21-14-25-16-26-23(21)29(27-22)18-7-6-13-28(24)15-18/h1,4-5,8-12,14,16,18H,6-7,13,15H2,2H3/b8-5-,19-4+/t18-/m1/s1. The topological polar surface area (TPSA) is 56.1 Å². The number of ether oxygens (including phenoxy) is 1. The number of hydrogen-bond donors (Lipinski definition) is 0. The van der Waals surface area contributed by atoms with E-state index in [-0.39, 0.29) is 6.04 Å². The van der Waals surface area contributed by atoms with Gasteiger partial charge in [0, 0.05) is 18.3 Å². The lowest BCUT2D eigenvalue weighted by Crippen LogP contribution is -2.35. The Labute approximate surface area is 177 Å². The van der Waals surface area contributed by atoms with Gasteiger partial charge in [0.15, 0.2) is 13.6 Å². The van der Waals surface area contributed by atoms with Crippen molar-refractivity contribution in [1.82, 2.24) is 24.6 Å². The smallest absolute Gasteiger partial charge is 0.182 e. The Hall–Kier alpha value is -3.37. The largest absolute Gasteiger partial charge is 0.458 e. The summed E-state index contributed by atoms with van der Waals surface area (Å²) < 4.78 is 7.86. The van der Waals surface area contributed by atoms with Crippen molar-refractivity contribution in [3.05, 3.63) is 60.8 Å². The van der Waals surface area contributed by atoms with E-state index in [2.05, 4.69) is 15.9 Å². The summed E-state index contributed by atoms with van der Waals surface area (Å²) in [6.07, 6.45) is 15.9. The molecule has 3 heterocycles. The summed E-state index contributed by atoms with van der Waals surface area (Å²) in [5, 5.41) is 5.83. The van der Waals surface area contributed by atoms with Crippen LogP contribution in [0.2, 0.25) is 0 Å². The lowest BCUT2D eigenvalue weighted by molar-refractivity contribution is 0.265. The van der Waals surface area contributed by atoms with Gasteiger partial charge >= 0.3 is 0 Å². The maximum Gasteiger partial charge on any atom is 0.182 e. The van der Waals surface area contributed by atoms with Crippen LogP contribution in [0.3, 0.4) is 0 Å². The highest BCUT2D eigenvalue weighted by Crippen LogP contribution is 2.31. The third-order valence-corrected chi connectivity index (χ3v) is 5.14. The highest BCUT2D eigenvalue weighted by molar-refractivity contribution is 6.04. The molecule has 3 aromatic rings. The Morgan fingerprint density at radius 2 is 2.17 bits per heavy atom. The van der Waals surface area contributed by atoms with Gasteiger partial charge in [-0.25, -0.2) is 14.6 Å². The van der Waals surface area contributed by atoms with E-state index >= 15 is 0 Å². The first-order chi connectivity index (χ1) is 14.7. The third kappa shape index (κ3) is 4.14. The highest BCUT2D eigenvalue weighted by Gasteiger charge is 2.23. The Kier molecular flexibility index (Phi) is 5.96. The van der Waals surface area contributed by atoms with E-state index in [9.17, 15) is 0 Å². The predicted molar refractivity (Wildman–Crippen MR) is 119 cm³/mol. The number of aromatic nitrogens is 4. The van der Waals surface area contributed by atoms with E-state index in [1.807, 2.05) is 53.0 Å². The number of rotatable bonds is 5. The number of allylic oxidation sites excluding steroid dienone is 3. The van der Waals surface area contributed by atoms with Crippen molar-refractivity contribution in [1.29, 1.82) is 0 Å². The molecule has 0 aliphatic carbocycles. The van der Waals surface area contributed by atoms with Gasteiger partial charge in [0.1, 0.15) is 23.5 Å². The Morgan fingerprint density at radius 1 is 1.33 bits per heavy atom. The fraction of sp³-hybridized carbons (Fsp3) is 0.261. The minimum atomic E-state index is 0.192. The predicted octanol–water partition coefficient (Wildman–Crippen LogP) is 3.69. The summed E-state index contributed by atoms with van der Waals surface area (Å²) in [5.41, 5.74) is 2.66. The number of benzene rings is 1. The Morgan fingerprint density at radius 3 is 2.90 bits per heavy atom. The zero-order valence-corrected chi connectivity index (χ0v) is 16.9. The zero-order chi connectivity index (χ0) is 20.9. The molecule has 0 bridgehead atoms. The molecule has 6 nitrogen and oxygen atoms in total. The summed E-state index contributed by atoms with van der Waals surface area (Å²) in [7, 11) is 6.05. The maximum absolute atomic E-state index is 6.05. The first-order valence-corrected chi connectivity index (χ1v) is 9.94. The average Bonchev–Trinajstić information content (AvgIpc) is 3.17. The van der Waals surface area contributed by atoms with Crippen molar-refractivity contribution in [2.24, 2.45) is 0 Å². The van der Waals surface area contributed by atoms with E-state index < -0.39 is 0 Å². The first kappa shape index (κ1) is 19.9. The number of fused-ring (bicyclic) bond motifs is 1. The van der Waals surface area contributed by atoms with E-state index in [1.165, 1.54) is 0 Å². The quantitative estimate of drug-likeness (QED) is 0.286. The molecular formula is C23H22BN5O. The van der Waals surface area contributed by atoms with Crippen molar-refractivity contribution in [2.75, 3.05) is 13.1 Å². The van der Waals surface area contributed by atoms with Gasteiger partial charge in [-0.2, -0.15) is 5.10 Å². The molecular weight excluding hydrogens is 373 g/mol. The summed E-state index contributed by atoms with van der Waals surface area (Å²) in [5.74, 6) is 3.87. The van der Waals surface area contributed by atoms with Crippen LogP contribution in [0.25, 0.3) is 22.3 Å². The van der Waals surface area contributed by atoms with E-state index in [1.54, 1.807) is 18.5 Å². The van der Waals surface area contributed by atoms with Gasteiger partial charge < -0.3 is 9.55 Å². The lowest BCUT2D eigenvalue weighted by Gasteiger charge is -2.30. The molecule has 0 spiro atoms. The van der Waals surface area contributed by atoms with Crippen molar-refractivity contribution in [3.8, 4) is 29.4 Å². The normalized spacial score (nSPS) is 18.0. The molecule has 1 saturated heterocycles. The van der Waals surface area contributed by atoms with Gasteiger partial charge in [0.25, 0.3) is 0 Å². The van der Waals surface area contributed by atoms with Crippen molar-refractivity contribution in [2.45, 2.75) is 25.8 Å². The van der Waals surface area contributed by atoms with Crippen LogP contribution in [0.1, 0.15) is 25.8 Å². The molecule has 1 aliphatic rings. The first-order valence-electron chi connectivity index (χ1n) is 9.94. The van der Waals surface area contributed by atoms with E-state index in [0.29, 0.717) is 5.76 Å². The molecule has 148 valence electrons. The molecule has 7 heteroatoms.